The number of carbonyl (C=O) groups excluding carboxylic acids is 1. The van der Waals surface area contributed by atoms with Gasteiger partial charge in [-0.3, -0.25) is 4.79 Å². The van der Waals surface area contributed by atoms with E-state index >= 15 is 0 Å². The van der Waals surface area contributed by atoms with Gasteiger partial charge in [-0.2, -0.15) is 4.72 Å². The average Bonchev–Trinajstić information content (AvgIpc) is 2.62. The van der Waals surface area contributed by atoms with Crippen molar-refractivity contribution in [3.8, 4) is 5.75 Å². The number of rotatable bonds is 8. The Morgan fingerprint density at radius 3 is 2.46 bits per heavy atom. The molecule has 0 aliphatic carbocycles. The molecular formula is C18H21ClN2O4S. The summed E-state index contributed by atoms with van der Waals surface area (Å²) in [5, 5.41) is 2.83. The lowest BCUT2D eigenvalue weighted by Crippen LogP contribution is -2.47. The number of carbonyl (C=O) groups is 1. The van der Waals surface area contributed by atoms with E-state index in [1.807, 2.05) is 30.3 Å². The molecule has 2 aromatic carbocycles. The minimum Gasteiger partial charge on any atom is -0.495 e. The number of likely N-dealkylation sites (N-methyl/N-ethyl adjacent to an activating group) is 1. The van der Waals surface area contributed by atoms with Gasteiger partial charge in [-0.05, 0) is 37.1 Å². The molecule has 1 amide bonds. The molecule has 0 spiro atoms. The Morgan fingerprint density at radius 2 is 1.88 bits per heavy atom. The van der Waals surface area contributed by atoms with E-state index in [1.54, 1.807) is 6.92 Å². The van der Waals surface area contributed by atoms with Crippen LogP contribution in [0, 0.1) is 0 Å². The van der Waals surface area contributed by atoms with Crippen LogP contribution in [0.2, 0.25) is 5.02 Å². The van der Waals surface area contributed by atoms with Crippen LogP contribution in [0.1, 0.15) is 12.5 Å². The number of methoxy groups -OCH3 is 1. The fourth-order valence-corrected chi connectivity index (χ4v) is 3.95. The molecule has 0 saturated carbocycles. The highest BCUT2D eigenvalue weighted by Crippen LogP contribution is 2.27. The Bertz CT molecular complexity index is 857. The summed E-state index contributed by atoms with van der Waals surface area (Å²) in [5.41, 5.74) is 0.846. The molecule has 6 nitrogen and oxygen atoms in total. The van der Waals surface area contributed by atoms with Gasteiger partial charge in [0.15, 0.2) is 0 Å². The number of hydrogen-bond acceptors (Lipinski definition) is 4. The van der Waals surface area contributed by atoms with E-state index in [-0.39, 0.29) is 22.2 Å². The number of ether oxygens (including phenoxy) is 1. The molecule has 2 rings (SSSR count). The molecule has 0 aromatic heterocycles. The molecule has 26 heavy (non-hydrogen) atoms. The summed E-state index contributed by atoms with van der Waals surface area (Å²) in [6.45, 7) is 2.18. The van der Waals surface area contributed by atoms with Gasteiger partial charge in [0.25, 0.3) is 0 Å². The summed E-state index contributed by atoms with van der Waals surface area (Å²) in [4.78, 5) is 12.3. The Hall–Kier alpha value is -2.09. The van der Waals surface area contributed by atoms with Gasteiger partial charge in [0.2, 0.25) is 15.9 Å². The van der Waals surface area contributed by atoms with Crippen molar-refractivity contribution in [3.63, 3.8) is 0 Å². The first-order valence-electron chi connectivity index (χ1n) is 8.05. The van der Waals surface area contributed by atoms with Gasteiger partial charge in [0.1, 0.15) is 11.8 Å². The van der Waals surface area contributed by atoms with E-state index < -0.39 is 16.1 Å². The highest BCUT2D eigenvalue weighted by atomic mass is 35.5. The molecule has 0 fully saturated rings. The smallest absolute Gasteiger partial charge is 0.241 e. The lowest BCUT2D eigenvalue weighted by Gasteiger charge is -2.18. The van der Waals surface area contributed by atoms with Crippen LogP contribution in [-0.4, -0.2) is 34.0 Å². The second-order valence-electron chi connectivity index (χ2n) is 5.55. The summed E-state index contributed by atoms with van der Waals surface area (Å²) in [6.07, 6.45) is 0.232. The molecule has 0 saturated heterocycles. The van der Waals surface area contributed by atoms with Crippen molar-refractivity contribution in [2.24, 2.45) is 0 Å². The van der Waals surface area contributed by atoms with Gasteiger partial charge in [-0.15, -0.1) is 0 Å². The standard InChI is InChI=1S/C18H21ClN2O4S/c1-3-20-18(22)16(11-13-7-5-4-6-8-13)21-26(23,24)14-9-10-17(25-2)15(19)12-14/h4-10,12,16,21H,3,11H2,1-2H3,(H,20,22)/t16-/m0/s1. The maximum atomic E-state index is 12.7. The van der Waals surface area contributed by atoms with Crippen LogP contribution < -0.4 is 14.8 Å². The summed E-state index contributed by atoms with van der Waals surface area (Å²) in [6, 6.07) is 12.4. The van der Waals surface area contributed by atoms with E-state index in [2.05, 4.69) is 10.0 Å². The number of halogens is 1. The lowest BCUT2D eigenvalue weighted by molar-refractivity contribution is -0.122. The average molecular weight is 397 g/mol. The monoisotopic (exact) mass is 396 g/mol. The van der Waals surface area contributed by atoms with Gasteiger partial charge >= 0.3 is 0 Å². The third-order valence-corrected chi connectivity index (χ3v) is 5.45. The van der Waals surface area contributed by atoms with Crippen LogP contribution in [0.4, 0.5) is 0 Å². The van der Waals surface area contributed by atoms with Gasteiger partial charge in [0.05, 0.1) is 17.0 Å². The highest BCUT2D eigenvalue weighted by Gasteiger charge is 2.26. The summed E-state index contributed by atoms with van der Waals surface area (Å²) in [7, 11) is -2.50. The third kappa shape index (κ3) is 5.20. The number of sulfonamides is 1. The SMILES string of the molecule is CCNC(=O)[C@H](Cc1ccccc1)NS(=O)(=O)c1ccc(OC)c(Cl)c1. The van der Waals surface area contributed by atoms with Crippen LogP contribution >= 0.6 is 11.6 Å². The van der Waals surface area contributed by atoms with Crippen LogP contribution in [0.15, 0.2) is 53.4 Å². The molecule has 0 radical (unpaired) electrons. The Balaban J connectivity index is 2.27. The van der Waals surface area contributed by atoms with Crippen molar-refractivity contribution in [2.45, 2.75) is 24.3 Å². The molecule has 0 aliphatic heterocycles. The first-order chi connectivity index (χ1) is 12.4. The van der Waals surface area contributed by atoms with Gasteiger partial charge in [-0.25, -0.2) is 8.42 Å². The first kappa shape index (κ1) is 20.2. The number of nitrogens with one attached hydrogen (secondary N) is 2. The van der Waals surface area contributed by atoms with Crippen molar-refractivity contribution in [2.75, 3.05) is 13.7 Å². The molecule has 8 heteroatoms. The van der Waals surface area contributed by atoms with Crippen LogP contribution in [0.25, 0.3) is 0 Å². The van der Waals surface area contributed by atoms with Gasteiger partial charge < -0.3 is 10.1 Å². The Labute approximate surface area is 158 Å². The van der Waals surface area contributed by atoms with Crippen molar-refractivity contribution < 1.29 is 17.9 Å². The molecule has 2 N–H and O–H groups in total. The largest absolute Gasteiger partial charge is 0.495 e. The second kappa shape index (κ2) is 9.02. The molecule has 140 valence electrons. The Morgan fingerprint density at radius 1 is 1.19 bits per heavy atom. The maximum absolute atomic E-state index is 12.7. The van der Waals surface area contributed by atoms with Crippen LogP contribution in [-0.2, 0) is 21.2 Å². The molecule has 1 atom stereocenters. The number of benzene rings is 2. The maximum Gasteiger partial charge on any atom is 0.241 e. The van der Waals surface area contributed by atoms with Crippen molar-refractivity contribution in [3.05, 3.63) is 59.1 Å². The number of amides is 1. The van der Waals surface area contributed by atoms with E-state index in [4.69, 9.17) is 16.3 Å². The van der Waals surface area contributed by atoms with E-state index in [1.165, 1.54) is 25.3 Å². The normalized spacial score (nSPS) is 12.4. The minimum atomic E-state index is -3.94. The highest BCUT2D eigenvalue weighted by molar-refractivity contribution is 7.89. The summed E-state index contributed by atoms with van der Waals surface area (Å²) in [5.74, 6) is -0.0188. The fourth-order valence-electron chi connectivity index (χ4n) is 2.40. The van der Waals surface area contributed by atoms with Crippen LogP contribution in [0.5, 0.6) is 5.75 Å². The van der Waals surface area contributed by atoms with E-state index in [0.717, 1.165) is 5.56 Å². The zero-order chi connectivity index (χ0) is 19.2. The predicted molar refractivity (Wildman–Crippen MR) is 101 cm³/mol. The van der Waals surface area contributed by atoms with Crippen molar-refractivity contribution in [1.82, 2.24) is 10.0 Å². The topological polar surface area (TPSA) is 84.5 Å². The zero-order valence-corrected chi connectivity index (χ0v) is 16.1. The Kier molecular flexibility index (Phi) is 7.02. The molecule has 0 unspecified atom stereocenters. The molecular weight excluding hydrogens is 376 g/mol. The van der Waals surface area contributed by atoms with Gasteiger partial charge in [-0.1, -0.05) is 41.9 Å². The van der Waals surface area contributed by atoms with Crippen LogP contribution in [0.3, 0.4) is 0 Å². The predicted octanol–water partition coefficient (Wildman–Crippen LogP) is 2.37. The second-order valence-corrected chi connectivity index (χ2v) is 7.68. The summed E-state index contributed by atoms with van der Waals surface area (Å²) < 4.78 is 32.9. The van der Waals surface area contributed by atoms with E-state index in [0.29, 0.717) is 12.3 Å². The molecule has 2 aromatic rings. The number of hydrogen-bond donors (Lipinski definition) is 2. The zero-order valence-electron chi connectivity index (χ0n) is 14.5. The fraction of sp³-hybridized carbons (Fsp3) is 0.278. The minimum absolute atomic E-state index is 0.0364. The third-order valence-electron chi connectivity index (χ3n) is 3.68. The lowest BCUT2D eigenvalue weighted by atomic mass is 10.1. The molecule has 0 heterocycles. The first-order valence-corrected chi connectivity index (χ1v) is 9.91. The summed E-state index contributed by atoms with van der Waals surface area (Å²) >= 11 is 6.02. The molecule has 0 bridgehead atoms. The van der Waals surface area contributed by atoms with Gasteiger partial charge in [0, 0.05) is 6.54 Å². The van der Waals surface area contributed by atoms with Crippen molar-refractivity contribution >= 4 is 27.5 Å². The van der Waals surface area contributed by atoms with E-state index in [9.17, 15) is 13.2 Å². The van der Waals surface area contributed by atoms with Crippen molar-refractivity contribution in [1.29, 1.82) is 0 Å². The molecule has 0 aliphatic rings. The quantitative estimate of drug-likeness (QED) is 0.717.